The van der Waals surface area contributed by atoms with Gasteiger partial charge in [-0.3, -0.25) is 0 Å². The highest BCUT2D eigenvalue weighted by Gasteiger charge is 2.22. The second-order valence-corrected chi connectivity index (χ2v) is 7.65. The smallest absolute Gasteiger partial charge is 0.206 e. The number of hydrogen-bond acceptors (Lipinski definition) is 0. The number of alkyl halides is 3. The summed E-state index contributed by atoms with van der Waals surface area (Å²) in [4.78, 5) is 0. The van der Waals surface area contributed by atoms with Gasteiger partial charge in [0.25, 0.3) is 0 Å². The Balaban J connectivity index is 1.76. The Kier molecular flexibility index (Phi) is 8.17. The highest BCUT2D eigenvalue weighted by molar-refractivity contribution is 5.51. The summed E-state index contributed by atoms with van der Waals surface area (Å²) in [5.41, 5.74) is 0.857. The van der Waals surface area contributed by atoms with Crippen LogP contribution in [0.2, 0.25) is 0 Å². The zero-order valence-corrected chi connectivity index (χ0v) is 15.6. The minimum absolute atomic E-state index is 0.0151. The van der Waals surface area contributed by atoms with Crippen molar-refractivity contribution in [3.63, 3.8) is 0 Å². The van der Waals surface area contributed by atoms with Crippen LogP contribution in [-0.4, -0.2) is 6.18 Å². The Morgan fingerprint density at radius 2 is 1.65 bits per heavy atom. The molecular formula is C22H30F4. The SMILES string of the molecule is CCCCCC1CCC(CCc2ccc(/C=C/C(F)(F)F)c(F)c2)CC1. The summed E-state index contributed by atoms with van der Waals surface area (Å²) in [6.07, 6.45) is 8.73. The second kappa shape index (κ2) is 10.1. The molecule has 0 N–H and O–H groups in total. The molecule has 4 heteroatoms. The van der Waals surface area contributed by atoms with Crippen LogP contribution in [0, 0.1) is 17.7 Å². The summed E-state index contributed by atoms with van der Waals surface area (Å²) in [5.74, 6) is 1.00. The van der Waals surface area contributed by atoms with Gasteiger partial charge in [0.05, 0.1) is 0 Å². The van der Waals surface area contributed by atoms with Crippen LogP contribution < -0.4 is 0 Å². The van der Waals surface area contributed by atoms with Crippen molar-refractivity contribution in [2.45, 2.75) is 77.3 Å². The molecule has 0 nitrogen and oxygen atoms in total. The van der Waals surface area contributed by atoms with Gasteiger partial charge in [-0.15, -0.1) is 0 Å². The molecule has 0 heterocycles. The molecule has 1 aromatic rings. The van der Waals surface area contributed by atoms with Crippen LogP contribution in [0.25, 0.3) is 6.08 Å². The number of halogens is 4. The molecular weight excluding hydrogens is 340 g/mol. The molecule has 0 radical (unpaired) electrons. The van der Waals surface area contributed by atoms with Crippen LogP contribution in [-0.2, 0) is 6.42 Å². The molecule has 0 unspecified atom stereocenters. The van der Waals surface area contributed by atoms with E-state index in [2.05, 4.69) is 6.92 Å². The first-order chi connectivity index (χ1) is 12.4. The molecule has 1 aromatic carbocycles. The molecule has 1 aliphatic rings. The van der Waals surface area contributed by atoms with Crippen molar-refractivity contribution < 1.29 is 17.6 Å². The van der Waals surface area contributed by atoms with Crippen LogP contribution in [0.15, 0.2) is 24.3 Å². The lowest BCUT2D eigenvalue weighted by molar-refractivity contribution is -0.0790. The maximum atomic E-state index is 14.0. The van der Waals surface area contributed by atoms with Gasteiger partial charge in [-0.2, -0.15) is 13.2 Å². The van der Waals surface area contributed by atoms with E-state index in [9.17, 15) is 17.6 Å². The van der Waals surface area contributed by atoms with Crippen molar-refractivity contribution in [3.05, 3.63) is 41.2 Å². The highest BCUT2D eigenvalue weighted by atomic mass is 19.4. The molecule has 146 valence electrons. The Morgan fingerprint density at radius 1 is 1.00 bits per heavy atom. The summed E-state index contributed by atoms with van der Waals surface area (Å²) in [6, 6.07) is 4.57. The predicted molar refractivity (Wildman–Crippen MR) is 99.4 cm³/mol. The highest BCUT2D eigenvalue weighted by Crippen LogP contribution is 2.34. The van der Waals surface area contributed by atoms with Crippen molar-refractivity contribution in [2.75, 3.05) is 0 Å². The van der Waals surface area contributed by atoms with E-state index in [1.165, 1.54) is 63.5 Å². The van der Waals surface area contributed by atoms with Crippen molar-refractivity contribution in [1.82, 2.24) is 0 Å². The Bertz CT molecular complexity index is 566. The van der Waals surface area contributed by atoms with Gasteiger partial charge in [0.15, 0.2) is 0 Å². The minimum atomic E-state index is -4.42. The number of allylic oxidation sites excluding steroid dienone is 1. The van der Waals surface area contributed by atoms with E-state index in [0.29, 0.717) is 5.92 Å². The monoisotopic (exact) mass is 370 g/mol. The van der Waals surface area contributed by atoms with Gasteiger partial charge >= 0.3 is 6.18 Å². The zero-order valence-electron chi connectivity index (χ0n) is 15.6. The second-order valence-electron chi connectivity index (χ2n) is 7.65. The van der Waals surface area contributed by atoms with Gasteiger partial charge < -0.3 is 0 Å². The lowest BCUT2D eigenvalue weighted by Gasteiger charge is -2.28. The van der Waals surface area contributed by atoms with E-state index < -0.39 is 12.0 Å². The van der Waals surface area contributed by atoms with Crippen LogP contribution >= 0.6 is 0 Å². The summed E-state index contributed by atoms with van der Waals surface area (Å²) in [7, 11) is 0. The molecule has 0 atom stereocenters. The van der Waals surface area contributed by atoms with Gasteiger partial charge in [-0.1, -0.05) is 70.4 Å². The van der Waals surface area contributed by atoms with Crippen molar-refractivity contribution in [2.24, 2.45) is 11.8 Å². The number of rotatable bonds is 8. The summed E-state index contributed by atoms with van der Waals surface area (Å²) in [5, 5.41) is 0. The van der Waals surface area contributed by atoms with Crippen LogP contribution in [0.5, 0.6) is 0 Å². The molecule has 0 spiro atoms. The molecule has 0 bridgehead atoms. The lowest BCUT2D eigenvalue weighted by Crippen LogP contribution is -2.15. The molecule has 0 saturated heterocycles. The molecule has 2 rings (SSSR count). The van der Waals surface area contributed by atoms with Crippen molar-refractivity contribution in [1.29, 1.82) is 0 Å². The molecule has 26 heavy (non-hydrogen) atoms. The standard InChI is InChI=1S/C22H30F4/c1-2-3-4-5-17-6-8-18(9-7-17)10-11-19-12-13-20(21(23)16-19)14-15-22(24,25)26/h12-18H,2-11H2,1H3/b15-14+. The predicted octanol–water partition coefficient (Wildman–Crippen LogP) is 7.72. The Hall–Kier alpha value is -1.32. The maximum Gasteiger partial charge on any atom is 0.409 e. The fourth-order valence-electron chi connectivity index (χ4n) is 3.91. The number of benzene rings is 1. The van der Waals surface area contributed by atoms with Crippen LogP contribution in [0.3, 0.4) is 0 Å². The van der Waals surface area contributed by atoms with Crippen LogP contribution in [0.1, 0.15) is 75.8 Å². The molecule has 1 saturated carbocycles. The Labute approximate surface area is 154 Å². The van der Waals surface area contributed by atoms with E-state index >= 15 is 0 Å². The summed E-state index contributed by atoms with van der Waals surface area (Å²) >= 11 is 0. The maximum absolute atomic E-state index is 14.0. The first-order valence-electron chi connectivity index (χ1n) is 9.91. The third-order valence-corrected chi connectivity index (χ3v) is 5.54. The van der Waals surface area contributed by atoms with E-state index in [4.69, 9.17) is 0 Å². The van der Waals surface area contributed by atoms with E-state index in [1.807, 2.05) is 0 Å². The topological polar surface area (TPSA) is 0 Å². The fraction of sp³-hybridized carbons (Fsp3) is 0.636. The molecule has 1 fully saturated rings. The lowest BCUT2D eigenvalue weighted by atomic mass is 9.78. The first-order valence-corrected chi connectivity index (χ1v) is 9.91. The quantitative estimate of drug-likeness (QED) is 0.324. The third-order valence-electron chi connectivity index (χ3n) is 5.54. The number of hydrogen-bond donors (Lipinski definition) is 0. The average Bonchev–Trinajstić information content (AvgIpc) is 2.59. The zero-order chi connectivity index (χ0) is 19.0. The molecule has 1 aliphatic carbocycles. The van der Waals surface area contributed by atoms with Gasteiger partial charge in [0.1, 0.15) is 5.82 Å². The largest absolute Gasteiger partial charge is 0.409 e. The number of unbranched alkanes of at least 4 members (excludes halogenated alkanes) is 2. The van der Waals surface area contributed by atoms with Gasteiger partial charge in [0, 0.05) is 11.6 Å². The average molecular weight is 370 g/mol. The first kappa shape index (κ1) is 21.0. The molecule has 0 amide bonds. The van der Waals surface area contributed by atoms with Gasteiger partial charge in [0.2, 0.25) is 0 Å². The number of aryl methyl sites for hydroxylation is 1. The summed E-state index contributed by atoms with van der Waals surface area (Å²) in [6.45, 7) is 2.24. The van der Waals surface area contributed by atoms with E-state index in [1.54, 1.807) is 6.07 Å². The molecule has 0 aliphatic heterocycles. The minimum Gasteiger partial charge on any atom is -0.206 e. The van der Waals surface area contributed by atoms with Crippen molar-refractivity contribution in [3.8, 4) is 0 Å². The fourth-order valence-corrected chi connectivity index (χ4v) is 3.91. The molecule has 0 aromatic heterocycles. The van der Waals surface area contributed by atoms with E-state index in [-0.39, 0.29) is 11.6 Å². The normalized spacial score (nSPS) is 21.4. The van der Waals surface area contributed by atoms with Crippen molar-refractivity contribution >= 4 is 6.08 Å². The van der Waals surface area contributed by atoms with E-state index in [0.717, 1.165) is 30.4 Å². The van der Waals surface area contributed by atoms with Gasteiger partial charge in [-0.25, -0.2) is 4.39 Å². The Morgan fingerprint density at radius 3 is 2.23 bits per heavy atom. The van der Waals surface area contributed by atoms with Crippen LogP contribution in [0.4, 0.5) is 17.6 Å². The third kappa shape index (κ3) is 7.51. The van der Waals surface area contributed by atoms with Gasteiger partial charge in [-0.05, 0) is 42.4 Å². The summed E-state index contributed by atoms with van der Waals surface area (Å²) < 4.78 is 50.5.